The van der Waals surface area contributed by atoms with Crippen LogP contribution in [0.15, 0.2) is 76.4 Å². The van der Waals surface area contributed by atoms with Crippen LogP contribution in [0.2, 0.25) is 0 Å². The van der Waals surface area contributed by atoms with Gasteiger partial charge in [-0.15, -0.1) is 0 Å². The maximum Gasteiger partial charge on any atom is 0.433 e. The van der Waals surface area contributed by atoms with Gasteiger partial charge in [0, 0.05) is 24.1 Å². The molecule has 0 saturated carbocycles. The van der Waals surface area contributed by atoms with E-state index in [-0.39, 0.29) is 35.9 Å². The molecule has 5 rings (SSSR count). The number of carbonyl (C=O) groups is 3. The summed E-state index contributed by atoms with van der Waals surface area (Å²) in [4.78, 5) is 50.5. The van der Waals surface area contributed by atoms with Gasteiger partial charge in [-0.25, -0.2) is 4.39 Å². The van der Waals surface area contributed by atoms with Crippen molar-refractivity contribution in [3.8, 4) is 0 Å². The summed E-state index contributed by atoms with van der Waals surface area (Å²) in [6.45, 7) is 0. The van der Waals surface area contributed by atoms with Crippen molar-refractivity contribution >= 4 is 34.9 Å². The van der Waals surface area contributed by atoms with Gasteiger partial charge in [0.25, 0.3) is 0 Å². The fourth-order valence-corrected chi connectivity index (χ4v) is 5.03. The second-order valence-electron chi connectivity index (χ2n) is 9.11. The van der Waals surface area contributed by atoms with Gasteiger partial charge in [-0.3, -0.25) is 29.4 Å². The quantitative estimate of drug-likeness (QED) is 0.339. The molecule has 38 heavy (non-hydrogen) atoms. The molecule has 0 bridgehead atoms. The number of hydrogen-bond donors (Lipinski definition) is 2. The van der Waals surface area contributed by atoms with Crippen LogP contribution in [0.3, 0.4) is 0 Å². The standard InChI is InChI=1S/C27H22FN3O7/c28-17-7-5-15(6-8-17)16-13-19-26(21(32)14-16)27(22-9-11-24(38-22)31(36)37)30(23(33)10-12-25(34)35)20-4-2-1-3-18(20)29-19/h1-9,11,16,27,29H,10,12-14H2,(H,34,35)/t16-,27+/m0/s1. The number of carboxylic acids is 1. The lowest BCUT2D eigenvalue weighted by molar-refractivity contribution is -0.402. The van der Waals surface area contributed by atoms with E-state index in [0.29, 0.717) is 23.5 Å². The number of nitrogens with zero attached hydrogens (tertiary/aromatic N) is 2. The molecule has 2 aliphatic rings. The normalized spacial score (nSPS) is 18.8. The maximum atomic E-state index is 13.8. The van der Waals surface area contributed by atoms with E-state index in [1.54, 1.807) is 36.4 Å². The first kappa shape index (κ1) is 24.9. The van der Waals surface area contributed by atoms with E-state index in [1.165, 1.54) is 23.1 Å². The number of nitrogens with one attached hydrogen (secondary N) is 1. The predicted molar refractivity (Wildman–Crippen MR) is 133 cm³/mol. The highest BCUT2D eigenvalue weighted by Gasteiger charge is 2.43. The van der Waals surface area contributed by atoms with Crippen LogP contribution in [-0.2, 0) is 14.4 Å². The zero-order chi connectivity index (χ0) is 27.0. The number of para-hydroxylation sites is 2. The zero-order valence-electron chi connectivity index (χ0n) is 19.9. The molecular weight excluding hydrogens is 497 g/mol. The minimum Gasteiger partial charge on any atom is -0.481 e. The maximum absolute atomic E-state index is 13.8. The van der Waals surface area contributed by atoms with Crippen LogP contribution in [0, 0.1) is 15.9 Å². The number of anilines is 2. The summed E-state index contributed by atoms with van der Waals surface area (Å²) in [6, 6.07) is 14.0. The van der Waals surface area contributed by atoms with Crippen LogP contribution in [0.5, 0.6) is 0 Å². The molecule has 0 radical (unpaired) electrons. The summed E-state index contributed by atoms with van der Waals surface area (Å²) in [5.41, 5.74) is 2.34. The van der Waals surface area contributed by atoms with Gasteiger partial charge in [0.05, 0.1) is 23.9 Å². The Morgan fingerprint density at radius 1 is 1.08 bits per heavy atom. The summed E-state index contributed by atoms with van der Waals surface area (Å²) in [5, 5.41) is 23.8. The van der Waals surface area contributed by atoms with E-state index in [1.807, 2.05) is 0 Å². The Labute approximate surface area is 215 Å². The zero-order valence-corrected chi connectivity index (χ0v) is 19.9. The highest BCUT2D eigenvalue weighted by atomic mass is 19.1. The molecule has 0 spiro atoms. The minimum atomic E-state index is -1.17. The van der Waals surface area contributed by atoms with Crippen molar-refractivity contribution in [2.75, 3.05) is 10.2 Å². The molecule has 3 aromatic rings. The Kier molecular flexibility index (Phi) is 6.50. The monoisotopic (exact) mass is 519 g/mol. The van der Waals surface area contributed by atoms with E-state index in [0.717, 1.165) is 11.6 Å². The summed E-state index contributed by atoms with van der Waals surface area (Å²) in [6.07, 6.45) is -0.406. The van der Waals surface area contributed by atoms with Gasteiger partial charge in [0.2, 0.25) is 5.91 Å². The molecule has 2 heterocycles. The van der Waals surface area contributed by atoms with Gasteiger partial charge in [-0.2, -0.15) is 0 Å². The summed E-state index contributed by atoms with van der Waals surface area (Å²) in [5.74, 6) is -3.30. The third kappa shape index (κ3) is 4.65. The largest absolute Gasteiger partial charge is 0.481 e. The number of furan rings is 1. The average molecular weight is 519 g/mol. The lowest BCUT2D eigenvalue weighted by Crippen LogP contribution is -2.38. The van der Waals surface area contributed by atoms with Gasteiger partial charge in [0.1, 0.15) is 22.5 Å². The van der Waals surface area contributed by atoms with Crippen molar-refractivity contribution in [1.82, 2.24) is 0 Å². The molecule has 0 unspecified atom stereocenters. The Balaban J connectivity index is 1.68. The molecule has 2 aromatic carbocycles. The Hall–Kier alpha value is -4.80. The number of carbonyl (C=O) groups excluding carboxylic acids is 2. The number of carboxylic acid groups (broad SMARTS) is 1. The third-order valence-electron chi connectivity index (χ3n) is 6.71. The molecule has 1 aromatic heterocycles. The topological polar surface area (TPSA) is 143 Å². The van der Waals surface area contributed by atoms with Crippen molar-refractivity contribution < 1.29 is 33.2 Å². The molecule has 10 nitrogen and oxygen atoms in total. The lowest BCUT2D eigenvalue weighted by atomic mass is 9.79. The van der Waals surface area contributed by atoms with Gasteiger partial charge in [-0.1, -0.05) is 24.3 Å². The van der Waals surface area contributed by atoms with Crippen LogP contribution in [0.4, 0.5) is 21.6 Å². The molecule has 2 N–H and O–H groups in total. The number of hydrogen-bond acceptors (Lipinski definition) is 7. The molecular formula is C27H22FN3O7. The van der Waals surface area contributed by atoms with Crippen molar-refractivity contribution in [2.24, 2.45) is 0 Å². The number of rotatable bonds is 6. The summed E-state index contributed by atoms with van der Waals surface area (Å²) in [7, 11) is 0. The smallest absolute Gasteiger partial charge is 0.433 e. The molecule has 11 heteroatoms. The Bertz CT molecular complexity index is 1480. The third-order valence-corrected chi connectivity index (χ3v) is 6.71. The second-order valence-corrected chi connectivity index (χ2v) is 9.11. The molecule has 194 valence electrons. The Morgan fingerprint density at radius 2 is 1.82 bits per heavy atom. The summed E-state index contributed by atoms with van der Waals surface area (Å²) >= 11 is 0. The van der Waals surface area contributed by atoms with Crippen LogP contribution >= 0.6 is 0 Å². The number of allylic oxidation sites excluding steroid dienone is 1. The van der Waals surface area contributed by atoms with Crippen molar-refractivity contribution in [3.63, 3.8) is 0 Å². The highest BCUT2D eigenvalue weighted by Crippen LogP contribution is 2.48. The fourth-order valence-electron chi connectivity index (χ4n) is 5.03. The van der Waals surface area contributed by atoms with Crippen molar-refractivity contribution in [2.45, 2.75) is 37.6 Å². The summed E-state index contributed by atoms with van der Waals surface area (Å²) < 4.78 is 19.0. The first-order valence-electron chi connectivity index (χ1n) is 11.9. The first-order valence-corrected chi connectivity index (χ1v) is 11.9. The van der Waals surface area contributed by atoms with E-state index >= 15 is 0 Å². The highest BCUT2D eigenvalue weighted by molar-refractivity contribution is 6.06. The number of Topliss-reactive ketones (excluding diaryl/α,β-unsaturated/α-hetero) is 1. The number of aliphatic carboxylic acids is 1. The Morgan fingerprint density at radius 3 is 2.50 bits per heavy atom. The number of amides is 1. The predicted octanol–water partition coefficient (Wildman–Crippen LogP) is 5.09. The van der Waals surface area contributed by atoms with Gasteiger partial charge in [-0.05, 0) is 48.2 Å². The van der Waals surface area contributed by atoms with Crippen molar-refractivity contribution in [1.29, 1.82) is 0 Å². The SMILES string of the molecule is O=C(O)CCC(=O)N1c2ccccc2NC2=C(C(=O)C[C@@H](c3ccc(F)cc3)C2)[C@H]1c1ccc([N+](=O)[O-])o1. The van der Waals surface area contributed by atoms with Crippen LogP contribution in [0.25, 0.3) is 0 Å². The minimum absolute atomic E-state index is 0.0000368. The molecule has 1 amide bonds. The van der Waals surface area contributed by atoms with Gasteiger partial charge < -0.3 is 14.8 Å². The fraction of sp³-hybridized carbons (Fsp3) is 0.222. The van der Waals surface area contributed by atoms with Gasteiger partial charge >= 0.3 is 11.9 Å². The molecule has 1 aliphatic carbocycles. The first-order chi connectivity index (χ1) is 18.2. The van der Waals surface area contributed by atoms with Crippen molar-refractivity contribution in [3.05, 3.63) is 99.2 Å². The van der Waals surface area contributed by atoms with E-state index < -0.39 is 41.0 Å². The lowest BCUT2D eigenvalue weighted by Gasteiger charge is -2.33. The number of fused-ring (bicyclic) bond motifs is 1. The van der Waals surface area contributed by atoms with Gasteiger partial charge in [0.15, 0.2) is 5.78 Å². The molecule has 1 aliphatic heterocycles. The van der Waals surface area contributed by atoms with E-state index in [4.69, 9.17) is 4.42 Å². The number of ketones is 1. The number of benzene rings is 2. The second kappa shape index (κ2) is 9.92. The van der Waals surface area contributed by atoms with E-state index in [2.05, 4.69) is 5.32 Å². The number of halogens is 1. The van der Waals surface area contributed by atoms with E-state index in [9.17, 15) is 34.0 Å². The number of nitro groups is 1. The van der Waals surface area contributed by atoms with Crippen LogP contribution in [0.1, 0.15) is 49.0 Å². The van der Waals surface area contributed by atoms with Crippen LogP contribution < -0.4 is 10.2 Å². The molecule has 0 fully saturated rings. The molecule has 0 saturated heterocycles. The average Bonchev–Trinajstić information content (AvgIpc) is 3.32. The van der Waals surface area contributed by atoms with Crippen LogP contribution in [-0.4, -0.2) is 27.7 Å². The molecule has 2 atom stereocenters.